The maximum absolute atomic E-state index is 14.9. The van der Waals surface area contributed by atoms with E-state index in [0.717, 1.165) is 6.07 Å². The first-order valence-corrected chi connectivity index (χ1v) is 11.7. The van der Waals surface area contributed by atoms with Crippen molar-refractivity contribution in [1.29, 1.82) is 0 Å². The van der Waals surface area contributed by atoms with Crippen LogP contribution in [0.5, 0.6) is 0 Å². The third kappa shape index (κ3) is 4.57. The summed E-state index contributed by atoms with van der Waals surface area (Å²) in [4.78, 5) is 17.0. The van der Waals surface area contributed by atoms with E-state index in [-0.39, 0.29) is 12.1 Å². The second kappa shape index (κ2) is 9.58. The Balaban J connectivity index is 1.52. The van der Waals surface area contributed by atoms with Gasteiger partial charge in [-0.05, 0) is 31.2 Å². The van der Waals surface area contributed by atoms with Crippen molar-refractivity contribution in [3.63, 3.8) is 0 Å². The number of hydrogen-bond acceptors (Lipinski definition) is 5. The highest BCUT2D eigenvalue weighted by Gasteiger charge is 2.41. The van der Waals surface area contributed by atoms with Crippen LogP contribution in [0.15, 0.2) is 78.6 Å². The molecule has 0 bridgehead atoms. The van der Waals surface area contributed by atoms with Crippen LogP contribution in [-0.4, -0.2) is 38.8 Å². The lowest BCUT2D eigenvalue weighted by atomic mass is 9.86. The van der Waals surface area contributed by atoms with Crippen LogP contribution in [0.25, 0.3) is 11.4 Å². The van der Waals surface area contributed by atoms with E-state index in [2.05, 4.69) is 15.2 Å². The molecular formula is C24H19Cl2F2N7O2. The average Bonchev–Trinajstić information content (AvgIpc) is 3.60. The van der Waals surface area contributed by atoms with E-state index in [0.29, 0.717) is 27.5 Å². The van der Waals surface area contributed by atoms with Gasteiger partial charge in [-0.15, -0.1) is 0 Å². The SMILES string of the molecule is C[C@@H](n1cc(-n2ccn(-c3ccc(Cl)cc3Cl)c2=O)cn1)[C@](O)(Cn1cncn1)c1ccc(F)cc1F. The Morgan fingerprint density at radius 2 is 1.86 bits per heavy atom. The van der Waals surface area contributed by atoms with Crippen LogP contribution in [0.4, 0.5) is 8.78 Å². The van der Waals surface area contributed by atoms with Crippen molar-refractivity contribution in [2.75, 3.05) is 0 Å². The molecule has 2 atom stereocenters. The van der Waals surface area contributed by atoms with E-state index in [1.165, 1.54) is 55.7 Å². The number of aliphatic hydroxyl groups is 1. The van der Waals surface area contributed by atoms with Crippen LogP contribution < -0.4 is 5.69 Å². The van der Waals surface area contributed by atoms with E-state index >= 15 is 0 Å². The predicted octanol–water partition coefficient (Wildman–Crippen LogP) is 4.15. The van der Waals surface area contributed by atoms with Gasteiger partial charge < -0.3 is 5.11 Å². The zero-order chi connectivity index (χ0) is 26.3. The van der Waals surface area contributed by atoms with Gasteiger partial charge in [-0.25, -0.2) is 23.2 Å². The van der Waals surface area contributed by atoms with Crippen molar-refractivity contribution in [2.24, 2.45) is 0 Å². The molecule has 0 amide bonds. The van der Waals surface area contributed by atoms with Gasteiger partial charge >= 0.3 is 5.69 Å². The molecule has 0 fully saturated rings. The first-order chi connectivity index (χ1) is 17.7. The Bertz CT molecular complexity index is 1630. The van der Waals surface area contributed by atoms with Gasteiger partial charge in [0.25, 0.3) is 0 Å². The zero-order valence-corrected chi connectivity index (χ0v) is 20.7. The number of rotatable bonds is 7. The molecule has 5 aromatic rings. The van der Waals surface area contributed by atoms with Crippen molar-refractivity contribution in [1.82, 2.24) is 33.7 Å². The summed E-state index contributed by atoms with van der Waals surface area (Å²) in [6.45, 7) is 1.43. The monoisotopic (exact) mass is 545 g/mol. The van der Waals surface area contributed by atoms with Crippen LogP contribution in [0.3, 0.4) is 0 Å². The van der Waals surface area contributed by atoms with Gasteiger partial charge in [-0.3, -0.25) is 13.8 Å². The number of imidazole rings is 1. The molecule has 0 unspecified atom stereocenters. The normalized spacial score (nSPS) is 14.0. The van der Waals surface area contributed by atoms with Crippen LogP contribution in [-0.2, 0) is 12.1 Å². The standard InChI is InChI=1S/C24H19Cl2F2N7O2/c1-15(24(37,12-32-14-29-13-31-32)19-4-3-17(27)9-21(19)28)35-11-18(10-30-35)33-6-7-34(23(33)36)22-5-2-16(25)8-20(22)26/h2-11,13-15,37H,12H2,1H3/t15-,24-/m1/s1. The molecule has 1 N–H and O–H groups in total. The summed E-state index contributed by atoms with van der Waals surface area (Å²) in [5.41, 5.74) is -1.64. The number of nitrogens with zero attached hydrogens (tertiary/aromatic N) is 7. The Morgan fingerprint density at radius 3 is 2.57 bits per heavy atom. The summed E-state index contributed by atoms with van der Waals surface area (Å²) >= 11 is 12.2. The second-order valence-corrected chi connectivity index (χ2v) is 9.26. The number of hydrogen-bond donors (Lipinski definition) is 1. The first-order valence-electron chi connectivity index (χ1n) is 11.0. The van der Waals surface area contributed by atoms with E-state index in [4.69, 9.17) is 23.2 Å². The molecule has 0 radical (unpaired) electrons. The van der Waals surface area contributed by atoms with Gasteiger partial charge in [0.1, 0.15) is 29.9 Å². The molecule has 0 spiro atoms. The minimum atomic E-state index is -1.91. The van der Waals surface area contributed by atoms with Crippen molar-refractivity contribution < 1.29 is 13.9 Å². The van der Waals surface area contributed by atoms with Crippen LogP contribution in [0.1, 0.15) is 18.5 Å². The summed E-state index contributed by atoms with van der Waals surface area (Å²) in [6, 6.07) is 6.85. The molecule has 5 rings (SSSR count). The number of benzene rings is 2. The Labute approximate surface area is 218 Å². The fourth-order valence-electron chi connectivity index (χ4n) is 4.16. The summed E-state index contributed by atoms with van der Waals surface area (Å²) in [7, 11) is 0. The van der Waals surface area contributed by atoms with Gasteiger partial charge in [0, 0.05) is 35.2 Å². The molecule has 3 aromatic heterocycles. The molecule has 0 aliphatic heterocycles. The van der Waals surface area contributed by atoms with E-state index in [1.807, 2.05) is 0 Å². The molecule has 2 aromatic carbocycles. The third-order valence-electron chi connectivity index (χ3n) is 6.17. The molecule has 0 saturated carbocycles. The zero-order valence-electron chi connectivity index (χ0n) is 19.2. The highest BCUT2D eigenvalue weighted by Crippen LogP contribution is 2.36. The lowest BCUT2D eigenvalue weighted by Gasteiger charge is -2.34. The topological polar surface area (TPSA) is 95.7 Å². The highest BCUT2D eigenvalue weighted by molar-refractivity contribution is 6.35. The molecule has 0 aliphatic carbocycles. The molecule has 0 saturated heterocycles. The van der Waals surface area contributed by atoms with Crippen LogP contribution >= 0.6 is 23.2 Å². The Morgan fingerprint density at radius 1 is 1.08 bits per heavy atom. The van der Waals surface area contributed by atoms with Gasteiger partial charge in [0.2, 0.25) is 0 Å². The van der Waals surface area contributed by atoms with Gasteiger partial charge in [0.15, 0.2) is 0 Å². The Hall–Kier alpha value is -3.80. The average molecular weight is 546 g/mol. The van der Waals surface area contributed by atoms with Gasteiger partial charge in [0.05, 0.1) is 35.2 Å². The molecule has 37 heavy (non-hydrogen) atoms. The van der Waals surface area contributed by atoms with E-state index < -0.39 is 29.0 Å². The van der Waals surface area contributed by atoms with Crippen LogP contribution in [0.2, 0.25) is 10.0 Å². The smallest absolute Gasteiger partial charge is 0.337 e. The summed E-state index contributed by atoms with van der Waals surface area (Å²) in [6.07, 6.45) is 8.71. The molecule has 3 heterocycles. The maximum atomic E-state index is 14.9. The fraction of sp³-hybridized carbons (Fsp3) is 0.167. The largest absolute Gasteiger partial charge is 0.381 e. The fourth-order valence-corrected chi connectivity index (χ4v) is 4.66. The second-order valence-electron chi connectivity index (χ2n) is 8.41. The molecule has 13 heteroatoms. The van der Waals surface area contributed by atoms with Crippen LogP contribution in [0, 0.1) is 11.6 Å². The van der Waals surface area contributed by atoms with E-state index in [1.54, 1.807) is 31.5 Å². The maximum Gasteiger partial charge on any atom is 0.337 e. The molecule has 0 aliphatic rings. The third-order valence-corrected chi connectivity index (χ3v) is 6.71. The Kier molecular flexibility index (Phi) is 6.44. The summed E-state index contributed by atoms with van der Waals surface area (Å²) in [5.74, 6) is -1.70. The number of halogens is 4. The lowest BCUT2D eigenvalue weighted by Crippen LogP contribution is -2.40. The minimum Gasteiger partial charge on any atom is -0.381 e. The van der Waals surface area contributed by atoms with E-state index in [9.17, 15) is 18.7 Å². The van der Waals surface area contributed by atoms with Gasteiger partial charge in [-0.1, -0.05) is 29.3 Å². The van der Waals surface area contributed by atoms with Crippen molar-refractivity contribution >= 4 is 23.2 Å². The van der Waals surface area contributed by atoms with Gasteiger partial charge in [-0.2, -0.15) is 10.2 Å². The molecule has 190 valence electrons. The van der Waals surface area contributed by atoms with Crippen molar-refractivity contribution in [3.8, 4) is 11.4 Å². The minimum absolute atomic E-state index is 0.144. The summed E-state index contributed by atoms with van der Waals surface area (Å²) < 4.78 is 33.9. The lowest BCUT2D eigenvalue weighted by molar-refractivity contribution is -0.0368. The number of aromatic nitrogens is 7. The predicted molar refractivity (Wildman–Crippen MR) is 132 cm³/mol. The quantitative estimate of drug-likeness (QED) is 0.331. The van der Waals surface area contributed by atoms with Crippen molar-refractivity contribution in [3.05, 3.63) is 112 Å². The first kappa shape index (κ1) is 24.9. The molecule has 9 nitrogen and oxygen atoms in total. The summed E-state index contributed by atoms with van der Waals surface area (Å²) in [5, 5.41) is 20.8. The van der Waals surface area contributed by atoms with Crippen molar-refractivity contribution in [2.45, 2.75) is 25.1 Å². The highest BCUT2D eigenvalue weighted by atomic mass is 35.5. The molecular weight excluding hydrogens is 527 g/mol.